The molecule has 0 bridgehead atoms. The lowest BCUT2D eigenvalue weighted by Crippen LogP contribution is -2.46. The average molecular weight is 353 g/mol. The van der Waals surface area contributed by atoms with Crippen LogP contribution in [0.4, 0.5) is 11.4 Å². The Bertz CT molecular complexity index is 758. The van der Waals surface area contributed by atoms with Crippen molar-refractivity contribution in [1.82, 2.24) is 4.98 Å². The van der Waals surface area contributed by atoms with Gasteiger partial charge < -0.3 is 20.3 Å². The molecule has 0 aliphatic carbocycles. The maximum Gasteiger partial charge on any atom is 0.313 e. The maximum atomic E-state index is 11.5. The Morgan fingerprint density at radius 2 is 1.73 bits per heavy atom. The number of rotatable bonds is 6. The first kappa shape index (κ1) is 17.7. The van der Waals surface area contributed by atoms with E-state index in [2.05, 4.69) is 20.9 Å². The normalized spacial score (nSPS) is 14.2. The van der Waals surface area contributed by atoms with E-state index in [0.29, 0.717) is 0 Å². The number of amidine groups is 1. The molecule has 1 aliphatic heterocycles. The van der Waals surface area contributed by atoms with Gasteiger partial charge in [0.25, 0.3) is 0 Å². The molecular weight excluding hydrogens is 330 g/mol. The van der Waals surface area contributed by atoms with Crippen molar-refractivity contribution in [3.05, 3.63) is 54.4 Å². The predicted octanol–water partition coefficient (Wildman–Crippen LogP) is 1.78. The average Bonchev–Trinajstić information content (AvgIpc) is 2.67. The van der Waals surface area contributed by atoms with E-state index < -0.39 is 5.97 Å². The quantitative estimate of drug-likeness (QED) is 0.467. The SMILES string of the molecule is N=C(N)CC(=O)OCc1cccc(N2CCN(c3ccncc3)CC2)c1. The molecule has 1 fully saturated rings. The number of benzene rings is 1. The smallest absolute Gasteiger partial charge is 0.313 e. The van der Waals surface area contributed by atoms with Gasteiger partial charge in [-0.3, -0.25) is 15.2 Å². The van der Waals surface area contributed by atoms with Crippen molar-refractivity contribution in [3.8, 4) is 0 Å². The Morgan fingerprint density at radius 3 is 2.38 bits per heavy atom. The molecule has 0 amide bonds. The first-order valence-corrected chi connectivity index (χ1v) is 8.59. The number of nitrogens with one attached hydrogen (secondary N) is 1. The van der Waals surface area contributed by atoms with Gasteiger partial charge in [0.05, 0.1) is 0 Å². The zero-order valence-corrected chi connectivity index (χ0v) is 14.6. The number of nitrogens with two attached hydrogens (primary N) is 1. The lowest BCUT2D eigenvalue weighted by Gasteiger charge is -2.37. The molecule has 0 saturated carbocycles. The fraction of sp³-hybridized carbons (Fsp3) is 0.316. The Hall–Kier alpha value is -3.09. The molecule has 0 unspecified atom stereocenters. The zero-order chi connectivity index (χ0) is 18.4. The molecule has 1 aliphatic rings. The van der Waals surface area contributed by atoms with Crippen molar-refractivity contribution in [3.63, 3.8) is 0 Å². The third-order valence-electron chi connectivity index (χ3n) is 4.32. The summed E-state index contributed by atoms with van der Waals surface area (Å²) >= 11 is 0. The molecule has 136 valence electrons. The van der Waals surface area contributed by atoms with Gasteiger partial charge in [-0.2, -0.15) is 0 Å². The number of carbonyl (C=O) groups excluding carboxylic acids is 1. The Labute approximate surface area is 152 Å². The van der Waals surface area contributed by atoms with Gasteiger partial charge in [-0.25, -0.2) is 0 Å². The molecule has 2 heterocycles. The van der Waals surface area contributed by atoms with E-state index in [0.717, 1.165) is 37.4 Å². The van der Waals surface area contributed by atoms with Crippen molar-refractivity contribution >= 4 is 23.2 Å². The van der Waals surface area contributed by atoms with Crippen molar-refractivity contribution < 1.29 is 9.53 Å². The zero-order valence-electron chi connectivity index (χ0n) is 14.6. The van der Waals surface area contributed by atoms with Crippen LogP contribution in [0, 0.1) is 5.41 Å². The summed E-state index contributed by atoms with van der Waals surface area (Å²) in [4.78, 5) is 20.3. The maximum absolute atomic E-state index is 11.5. The lowest BCUT2D eigenvalue weighted by molar-refractivity contribution is -0.143. The number of hydrogen-bond donors (Lipinski definition) is 2. The molecule has 7 nitrogen and oxygen atoms in total. The molecule has 3 N–H and O–H groups in total. The number of carbonyl (C=O) groups is 1. The van der Waals surface area contributed by atoms with Crippen LogP contribution in [-0.2, 0) is 16.1 Å². The van der Waals surface area contributed by atoms with E-state index in [1.54, 1.807) is 0 Å². The van der Waals surface area contributed by atoms with E-state index in [1.165, 1.54) is 5.69 Å². The fourth-order valence-electron chi connectivity index (χ4n) is 2.99. The van der Waals surface area contributed by atoms with Crippen LogP contribution in [0.3, 0.4) is 0 Å². The van der Waals surface area contributed by atoms with Gasteiger partial charge in [-0.1, -0.05) is 12.1 Å². The highest BCUT2D eigenvalue weighted by Crippen LogP contribution is 2.21. The van der Waals surface area contributed by atoms with Crippen LogP contribution in [-0.4, -0.2) is 43.0 Å². The number of pyridine rings is 1. The highest BCUT2D eigenvalue weighted by Gasteiger charge is 2.17. The highest BCUT2D eigenvalue weighted by molar-refractivity contribution is 5.94. The molecule has 26 heavy (non-hydrogen) atoms. The summed E-state index contributed by atoms with van der Waals surface area (Å²) in [5.74, 6) is -0.662. The van der Waals surface area contributed by atoms with Crippen molar-refractivity contribution in [2.45, 2.75) is 13.0 Å². The molecule has 1 aromatic heterocycles. The molecule has 0 atom stereocenters. The highest BCUT2D eigenvalue weighted by atomic mass is 16.5. The second-order valence-corrected chi connectivity index (χ2v) is 6.21. The predicted molar refractivity (Wildman–Crippen MR) is 101 cm³/mol. The summed E-state index contributed by atoms with van der Waals surface area (Å²) < 4.78 is 5.16. The van der Waals surface area contributed by atoms with Gasteiger partial charge in [0, 0.05) is 49.9 Å². The minimum atomic E-state index is -0.478. The van der Waals surface area contributed by atoms with Crippen LogP contribution in [0.1, 0.15) is 12.0 Å². The number of esters is 1. The summed E-state index contributed by atoms with van der Waals surface area (Å²) in [6, 6.07) is 12.1. The van der Waals surface area contributed by atoms with E-state index in [9.17, 15) is 4.79 Å². The number of nitrogens with zero attached hydrogens (tertiary/aromatic N) is 3. The Balaban J connectivity index is 1.55. The first-order valence-electron chi connectivity index (χ1n) is 8.59. The number of piperazine rings is 1. The van der Waals surface area contributed by atoms with Gasteiger partial charge in [-0.15, -0.1) is 0 Å². The second-order valence-electron chi connectivity index (χ2n) is 6.21. The number of anilines is 2. The third-order valence-corrected chi connectivity index (χ3v) is 4.32. The molecule has 2 aromatic rings. The van der Waals surface area contributed by atoms with Crippen molar-refractivity contribution in [2.75, 3.05) is 36.0 Å². The van der Waals surface area contributed by atoms with Gasteiger partial charge in [0.15, 0.2) is 0 Å². The molecule has 3 rings (SSSR count). The topological polar surface area (TPSA) is 95.5 Å². The van der Waals surface area contributed by atoms with E-state index >= 15 is 0 Å². The van der Waals surface area contributed by atoms with E-state index in [4.69, 9.17) is 15.9 Å². The Morgan fingerprint density at radius 1 is 1.08 bits per heavy atom. The Kier molecular flexibility index (Phi) is 5.68. The van der Waals surface area contributed by atoms with Gasteiger partial charge in [-0.05, 0) is 29.8 Å². The molecule has 7 heteroatoms. The molecule has 0 spiro atoms. The van der Waals surface area contributed by atoms with Crippen LogP contribution in [0.25, 0.3) is 0 Å². The molecule has 0 radical (unpaired) electrons. The summed E-state index contributed by atoms with van der Waals surface area (Å²) in [6.45, 7) is 3.94. The monoisotopic (exact) mass is 353 g/mol. The first-order chi connectivity index (χ1) is 12.6. The standard InChI is InChI=1S/C19H23N5O2/c20-18(21)13-19(25)26-14-15-2-1-3-17(12-15)24-10-8-23(9-11-24)16-4-6-22-7-5-16/h1-7,12H,8-11,13-14H2,(H3,20,21). The number of aromatic nitrogens is 1. The van der Waals surface area contributed by atoms with Gasteiger partial charge in [0.1, 0.15) is 18.9 Å². The van der Waals surface area contributed by atoms with Crippen LogP contribution >= 0.6 is 0 Å². The van der Waals surface area contributed by atoms with Crippen LogP contribution in [0.2, 0.25) is 0 Å². The van der Waals surface area contributed by atoms with Crippen LogP contribution in [0.15, 0.2) is 48.8 Å². The van der Waals surface area contributed by atoms with E-state index in [1.807, 2.05) is 42.7 Å². The molecule has 1 saturated heterocycles. The van der Waals surface area contributed by atoms with E-state index in [-0.39, 0.29) is 18.9 Å². The number of hydrogen-bond acceptors (Lipinski definition) is 6. The van der Waals surface area contributed by atoms with Gasteiger partial charge >= 0.3 is 5.97 Å². The second kappa shape index (κ2) is 8.33. The van der Waals surface area contributed by atoms with Crippen LogP contribution < -0.4 is 15.5 Å². The number of ether oxygens (including phenoxy) is 1. The summed E-state index contributed by atoms with van der Waals surface area (Å²) in [7, 11) is 0. The van der Waals surface area contributed by atoms with Crippen molar-refractivity contribution in [2.24, 2.45) is 5.73 Å². The molecular formula is C19H23N5O2. The summed E-state index contributed by atoms with van der Waals surface area (Å²) in [5, 5.41) is 7.12. The molecule has 1 aromatic carbocycles. The summed E-state index contributed by atoms with van der Waals surface area (Å²) in [5.41, 5.74) is 8.46. The lowest BCUT2D eigenvalue weighted by atomic mass is 10.1. The minimum absolute atomic E-state index is 0.170. The van der Waals surface area contributed by atoms with Crippen molar-refractivity contribution in [1.29, 1.82) is 5.41 Å². The fourth-order valence-corrected chi connectivity index (χ4v) is 2.99. The minimum Gasteiger partial charge on any atom is -0.460 e. The third kappa shape index (κ3) is 4.72. The summed E-state index contributed by atoms with van der Waals surface area (Å²) in [6.07, 6.45) is 3.47. The largest absolute Gasteiger partial charge is 0.460 e. The van der Waals surface area contributed by atoms with Crippen LogP contribution in [0.5, 0.6) is 0 Å². The van der Waals surface area contributed by atoms with Gasteiger partial charge in [0.2, 0.25) is 0 Å².